The van der Waals surface area contributed by atoms with Crippen molar-refractivity contribution < 1.29 is 4.42 Å². The highest BCUT2D eigenvalue weighted by Crippen LogP contribution is 2.41. The number of hydrogen-bond acceptors (Lipinski definition) is 2. The highest BCUT2D eigenvalue weighted by atomic mass is 16.3. The molecular weight excluding hydrogens is 462 g/mol. The van der Waals surface area contributed by atoms with Gasteiger partial charge in [-0.1, -0.05) is 109 Å². The molecule has 178 valence electrons. The first kappa shape index (κ1) is 21.0. The highest BCUT2D eigenvalue weighted by molar-refractivity contribution is 6.22. The smallest absolute Gasteiger partial charge is 0.159 e. The van der Waals surface area contributed by atoms with E-state index in [-0.39, 0.29) is 0 Å². The number of anilines is 2. The Kier molecular flexibility index (Phi) is 4.55. The first-order valence-corrected chi connectivity index (χ1v) is 12.9. The van der Waals surface area contributed by atoms with Gasteiger partial charge in [0, 0.05) is 21.8 Å². The molecule has 0 bridgehead atoms. The summed E-state index contributed by atoms with van der Waals surface area (Å²) in [5.41, 5.74) is 6.26. The number of fused-ring (bicyclic) bond motifs is 7. The number of benzene rings is 7. The lowest BCUT2D eigenvalue weighted by Crippen LogP contribution is -1.93. The number of nitrogens with one attached hydrogen (secondary N) is 1. The quantitative estimate of drug-likeness (QED) is 0.269. The van der Waals surface area contributed by atoms with Crippen molar-refractivity contribution in [3.8, 4) is 11.1 Å². The molecule has 38 heavy (non-hydrogen) atoms. The zero-order valence-electron chi connectivity index (χ0n) is 20.6. The molecule has 0 saturated carbocycles. The van der Waals surface area contributed by atoms with Crippen LogP contribution in [0, 0.1) is 0 Å². The van der Waals surface area contributed by atoms with Crippen LogP contribution in [0.3, 0.4) is 0 Å². The van der Waals surface area contributed by atoms with Gasteiger partial charge in [0.15, 0.2) is 5.58 Å². The predicted octanol–water partition coefficient (Wildman–Crippen LogP) is 10.5. The fourth-order valence-electron chi connectivity index (χ4n) is 5.84. The molecule has 0 aliphatic rings. The average Bonchev–Trinajstić information content (AvgIpc) is 3.37. The van der Waals surface area contributed by atoms with E-state index in [1.54, 1.807) is 0 Å². The van der Waals surface area contributed by atoms with Crippen LogP contribution in [0.4, 0.5) is 11.4 Å². The minimum Gasteiger partial charge on any atom is -0.454 e. The van der Waals surface area contributed by atoms with E-state index in [9.17, 15) is 0 Å². The fourth-order valence-corrected chi connectivity index (χ4v) is 5.84. The van der Waals surface area contributed by atoms with Gasteiger partial charge < -0.3 is 9.73 Å². The first-order valence-electron chi connectivity index (χ1n) is 12.9. The van der Waals surface area contributed by atoms with Gasteiger partial charge in [0.25, 0.3) is 0 Å². The van der Waals surface area contributed by atoms with Gasteiger partial charge in [0.05, 0.1) is 5.69 Å². The Hall–Kier alpha value is -5.08. The Morgan fingerprint density at radius 2 is 1.16 bits per heavy atom. The van der Waals surface area contributed by atoms with Gasteiger partial charge in [-0.15, -0.1) is 0 Å². The van der Waals surface area contributed by atoms with Crippen molar-refractivity contribution in [2.45, 2.75) is 0 Å². The maximum absolute atomic E-state index is 6.45. The third-order valence-electron chi connectivity index (χ3n) is 7.62. The lowest BCUT2D eigenvalue weighted by molar-refractivity contribution is 0.670. The molecule has 1 aromatic heterocycles. The Balaban J connectivity index is 1.33. The molecule has 2 nitrogen and oxygen atoms in total. The summed E-state index contributed by atoms with van der Waals surface area (Å²) in [6, 6.07) is 47.3. The molecule has 1 N–H and O–H groups in total. The van der Waals surface area contributed by atoms with Crippen LogP contribution in [-0.4, -0.2) is 0 Å². The third-order valence-corrected chi connectivity index (χ3v) is 7.62. The minimum atomic E-state index is 0.882. The van der Waals surface area contributed by atoms with E-state index < -0.39 is 0 Å². The van der Waals surface area contributed by atoms with Crippen molar-refractivity contribution in [1.82, 2.24) is 0 Å². The second-order valence-corrected chi connectivity index (χ2v) is 9.84. The van der Waals surface area contributed by atoms with Gasteiger partial charge in [-0.2, -0.15) is 0 Å². The summed E-state index contributed by atoms with van der Waals surface area (Å²) in [7, 11) is 0. The molecular formula is C36H23NO. The normalized spacial score (nSPS) is 11.7. The summed E-state index contributed by atoms with van der Waals surface area (Å²) in [5, 5.41) is 13.3. The second-order valence-electron chi connectivity index (χ2n) is 9.84. The van der Waals surface area contributed by atoms with E-state index >= 15 is 0 Å². The van der Waals surface area contributed by atoms with E-state index in [0.29, 0.717) is 0 Å². The van der Waals surface area contributed by atoms with Crippen LogP contribution in [0.15, 0.2) is 138 Å². The van der Waals surface area contributed by atoms with Crippen molar-refractivity contribution in [3.63, 3.8) is 0 Å². The molecule has 0 spiro atoms. The SMILES string of the molecule is c1ccc2cc(-c3cccc4c(Nc5cc6ccccc6c6c5oc5ccccc56)cccc34)ccc2c1. The molecule has 0 atom stereocenters. The van der Waals surface area contributed by atoms with Crippen LogP contribution < -0.4 is 5.32 Å². The Morgan fingerprint density at radius 1 is 0.447 bits per heavy atom. The van der Waals surface area contributed by atoms with Crippen molar-refractivity contribution in [2.75, 3.05) is 5.32 Å². The fraction of sp³-hybridized carbons (Fsp3) is 0. The standard InChI is InChI=1S/C36H23NO/c1-2-10-24-21-26(20-19-23(24)9-1)27-14-7-16-30-29(27)15-8-17-32(30)37-33-22-25-11-3-4-12-28(25)35-31-13-5-6-18-34(31)38-36(33)35/h1-22,37H. The molecule has 8 rings (SSSR count). The molecule has 0 aliphatic heterocycles. The summed E-state index contributed by atoms with van der Waals surface area (Å²) < 4.78 is 6.45. The van der Waals surface area contributed by atoms with E-state index in [2.05, 4.69) is 127 Å². The molecule has 1 heterocycles. The van der Waals surface area contributed by atoms with E-state index in [4.69, 9.17) is 4.42 Å². The van der Waals surface area contributed by atoms with Crippen LogP contribution in [0.25, 0.3) is 65.4 Å². The van der Waals surface area contributed by atoms with Crippen molar-refractivity contribution in [1.29, 1.82) is 0 Å². The molecule has 7 aromatic carbocycles. The maximum Gasteiger partial charge on any atom is 0.159 e. The summed E-state index contributed by atoms with van der Waals surface area (Å²) in [5.74, 6) is 0. The van der Waals surface area contributed by atoms with E-state index in [1.807, 2.05) is 12.1 Å². The number of furan rings is 1. The van der Waals surface area contributed by atoms with Crippen molar-refractivity contribution in [3.05, 3.63) is 133 Å². The third kappa shape index (κ3) is 3.21. The summed E-state index contributed by atoms with van der Waals surface area (Å²) in [4.78, 5) is 0. The summed E-state index contributed by atoms with van der Waals surface area (Å²) in [6.07, 6.45) is 0. The van der Waals surface area contributed by atoms with Crippen LogP contribution >= 0.6 is 0 Å². The molecule has 0 amide bonds. The van der Waals surface area contributed by atoms with Gasteiger partial charge in [0.2, 0.25) is 0 Å². The molecule has 0 unspecified atom stereocenters. The number of para-hydroxylation sites is 1. The van der Waals surface area contributed by atoms with Crippen LogP contribution in [0.1, 0.15) is 0 Å². The monoisotopic (exact) mass is 485 g/mol. The minimum absolute atomic E-state index is 0.882. The van der Waals surface area contributed by atoms with Crippen molar-refractivity contribution in [2.24, 2.45) is 0 Å². The van der Waals surface area contributed by atoms with Gasteiger partial charge in [0.1, 0.15) is 5.58 Å². The van der Waals surface area contributed by atoms with Gasteiger partial charge in [-0.05, 0) is 62.3 Å². The molecule has 2 heteroatoms. The second kappa shape index (κ2) is 8.22. The zero-order chi connectivity index (χ0) is 25.1. The Morgan fingerprint density at radius 3 is 2.08 bits per heavy atom. The molecule has 0 radical (unpaired) electrons. The van der Waals surface area contributed by atoms with Gasteiger partial charge >= 0.3 is 0 Å². The summed E-state index contributed by atoms with van der Waals surface area (Å²) >= 11 is 0. The first-order chi connectivity index (χ1) is 18.8. The molecule has 0 aliphatic carbocycles. The Bertz CT molecular complexity index is 2170. The number of hydrogen-bond donors (Lipinski definition) is 1. The van der Waals surface area contributed by atoms with Crippen molar-refractivity contribution >= 4 is 65.6 Å². The largest absolute Gasteiger partial charge is 0.454 e. The van der Waals surface area contributed by atoms with Crippen LogP contribution in [0.2, 0.25) is 0 Å². The molecule has 8 aromatic rings. The number of rotatable bonds is 3. The molecule has 0 saturated heterocycles. The summed E-state index contributed by atoms with van der Waals surface area (Å²) in [6.45, 7) is 0. The Labute approximate surface area is 219 Å². The van der Waals surface area contributed by atoms with Crippen LogP contribution in [-0.2, 0) is 0 Å². The van der Waals surface area contributed by atoms with Crippen LogP contribution in [0.5, 0.6) is 0 Å². The average molecular weight is 486 g/mol. The lowest BCUT2D eigenvalue weighted by Gasteiger charge is -2.14. The topological polar surface area (TPSA) is 25.2 Å². The lowest BCUT2D eigenvalue weighted by atomic mass is 9.95. The van der Waals surface area contributed by atoms with Gasteiger partial charge in [-0.25, -0.2) is 0 Å². The van der Waals surface area contributed by atoms with Gasteiger partial charge in [-0.3, -0.25) is 0 Å². The zero-order valence-corrected chi connectivity index (χ0v) is 20.6. The van der Waals surface area contributed by atoms with E-state index in [1.165, 1.54) is 43.4 Å². The molecule has 0 fully saturated rings. The highest BCUT2D eigenvalue weighted by Gasteiger charge is 2.16. The van der Waals surface area contributed by atoms with E-state index in [0.717, 1.165) is 33.3 Å². The predicted molar refractivity (Wildman–Crippen MR) is 161 cm³/mol. The maximum atomic E-state index is 6.45.